The molecule has 0 saturated carbocycles. The van der Waals surface area contributed by atoms with E-state index in [1.54, 1.807) is 0 Å². The number of nitrogens with zero attached hydrogens (tertiary/aromatic N) is 1. The summed E-state index contributed by atoms with van der Waals surface area (Å²) < 4.78 is 0. The SMILES string of the molecule is C#CCCCC(C)(C)C#N. The fourth-order valence-corrected chi connectivity index (χ4v) is 0.688. The molecule has 10 heavy (non-hydrogen) atoms. The second-order valence-electron chi connectivity index (χ2n) is 3.05. The predicted molar refractivity (Wildman–Crippen MR) is 42.1 cm³/mol. The van der Waals surface area contributed by atoms with Gasteiger partial charge in [0.25, 0.3) is 0 Å². The van der Waals surface area contributed by atoms with Crippen molar-refractivity contribution in [1.82, 2.24) is 0 Å². The summed E-state index contributed by atoms with van der Waals surface area (Å²) in [5.74, 6) is 2.55. The van der Waals surface area contributed by atoms with Crippen LogP contribution in [0.2, 0.25) is 0 Å². The van der Waals surface area contributed by atoms with Crippen molar-refractivity contribution in [3.05, 3.63) is 0 Å². The summed E-state index contributed by atoms with van der Waals surface area (Å²) in [6.45, 7) is 3.87. The highest BCUT2D eigenvalue weighted by atomic mass is 14.3. The van der Waals surface area contributed by atoms with Crippen LogP contribution < -0.4 is 0 Å². The molecule has 0 N–H and O–H groups in total. The first-order chi connectivity index (χ1) is 4.62. The zero-order chi connectivity index (χ0) is 8.04. The van der Waals surface area contributed by atoms with E-state index in [4.69, 9.17) is 11.7 Å². The van der Waals surface area contributed by atoms with Crippen molar-refractivity contribution < 1.29 is 0 Å². The molecular formula is C9H13N. The highest BCUT2D eigenvalue weighted by Gasteiger charge is 2.14. The molecule has 0 saturated heterocycles. The maximum Gasteiger partial charge on any atom is 0.0683 e. The second kappa shape index (κ2) is 3.96. The fourth-order valence-electron chi connectivity index (χ4n) is 0.688. The first-order valence-electron chi connectivity index (χ1n) is 3.47. The first-order valence-corrected chi connectivity index (χ1v) is 3.47. The van der Waals surface area contributed by atoms with Crippen LogP contribution >= 0.6 is 0 Å². The van der Waals surface area contributed by atoms with Gasteiger partial charge in [0.1, 0.15) is 0 Å². The van der Waals surface area contributed by atoms with E-state index in [0.717, 1.165) is 19.3 Å². The van der Waals surface area contributed by atoms with Crippen LogP contribution in [0.15, 0.2) is 0 Å². The Bertz CT molecular complexity index is 166. The molecule has 0 rings (SSSR count). The van der Waals surface area contributed by atoms with E-state index < -0.39 is 0 Å². The third-order valence-electron chi connectivity index (χ3n) is 1.43. The smallest absolute Gasteiger partial charge is 0.0683 e. The van der Waals surface area contributed by atoms with Gasteiger partial charge in [0.05, 0.1) is 11.5 Å². The zero-order valence-corrected chi connectivity index (χ0v) is 6.65. The minimum atomic E-state index is -0.198. The molecule has 0 radical (unpaired) electrons. The Labute approximate surface area is 63.1 Å². The predicted octanol–water partition coefficient (Wildman–Crippen LogP) is 2.34. The Morgan fingerprint density at radius 2 is 2.10 bits per heavy atom. The summed E-state index contributed by atoms with van der Waals surface area (Å²) in [5.41, 5.74) is -0.198. The van der Waals surface area contributed by atoms with E-state index in [1.165, 1.54) is 0 Å². The van der Waals surface area contributed by atoms with Gasteiger partial charge in [-0.2, -0.15) is 5.26 Å². The summed E-state index contributed by atoms with van der Waals surface area (Å²) in [6, 6.07) is 2.23. The fraction of sp³-hybridized carbons (Fsp3) is 0.667. The minimum absolute atomic E-state index is 0.198. The van der Waals surface area contributed by atoms with E-state index in [1.807, 2.05) is 13.8 Å². The number of unbranched alkanes of at least 4 members (excludes halogenated alkanes) is 1. The van der Waals surface area contributed by atoms with Crippen molar-refractivity contribution in [2.45, 2.75) is 33.1 Å². The Hall–Kier alpha value is -0.950. The van der Waals surface area contributed by atoms with Crippen molar-refractivity contribution in [3.63, 3.8) is 0 Å². The average molecular weight is 135 g/mol. The molecule has 0 aromatic carbocycles. The lowest BCUT2D eigenvalue weighted by molar-refractivity contribution is 0.438. The molecule has 1 heteroatoms. The largest absolute Gasteiger partial charge is 0.198 e. The van der Waals surface area contributed by atoms with Gasteiger partial charge >= 0.3 is 0 Å². The van der Waals surface area contributed by atoms with E-state index >= 15 is 0 Å². The molecule has 0 bridgehead atoms. The number of hydrogen-bond donors (Lipinski definition) is 0. The quantitative estimate of drug-likeness (QED) is 0.430. The molecule has 0 amide bonds. The van der Waals surface area contributed by atoms with Gasteiger partial charge in [0.15, 0.2) is 0 Å². The molecular weight excluding hydrogens is 122 g/mol. The van der Waals surface area contributed by atoms with Gasteiger partial charge in [-0.15, -0.1) is 12.3 Å². The van der Waals surface area contributed by atoms with Crippen molar-refractivity contribution in [2.75, 3.05) is 0 Å². The highest BCUT2D eigenvalue weighted by molar-refractivity contribution is 4.93. The summed E-state index contributed by atoms with van der Waals surface area (Å²) in [6.07, 6.45) is 7.70. The number of terminal acetylenes is 1. The standard InChI is InChI=1S/C9H13N/c1-4-5-6-7-9(2,3)8-10/h1H,5-7H2,2-3H3. The third kappa shape index (κ3) is 3.98. The van der Waals surface area contributed by atoms with Crippen LogP contribution in [-0.4, -0.2) is 0 Å². The van der Waals surface area contributed by atoms with Crippen molar-refractivity contribution in [3.8, 4) is 18.4 Å². The van der Waals surface area contributed by atoms with Crippen LogP contribution in [0.4, 0.5) is 0 Å². The van der Waals surface area contributed by atoms with Gasteiger partial charge in [-0.05, 0) is 26.7 Å². The highest BCUT2D eigenvalue weighted by Crippen LogP contribution is 2.20. The number of nitriles is 1. The first kappa shape index (κ1) is 9.05. The molecule has 0 spiro atoms. The lowest BCUT2D eigenvalue weighted by Crippen LogP contribution is -2.06. The second-order valence-corrected chi connectivity index (χ2v) is 3.05. The average Bonchev–Trinajstić information content (AvgIpc) is 1.89. The molecule has 0 unspecified atom stereocenters. The van der Waals surface area contributed by atoms with Crippen molar-refractivity contribution >= 4 is 0 Å². The van der Waals surface area contributed by atoms with E-state index in [-0.39, 0.29) is 5.41 Å². The molecule has 0 aromatic heterocycles. The Balaban J connectivity index is 3.52. The lowest BCUT2D eigenvalue weighted by Gasteiger charge is -2.12. The van der Waals surface area contributed by atoms with Crippen molar-refractivity contribution in [1.29, 1.82) is 5.26 Å². The monoisotopic (exact) mass is 135 g/mol. The Morgan fingerprint density at radius 3 is 2.50 bits per heavy atom. The number of hydrogen-bond acceptors (Lipinski definition) is 1. The van der Waals surface area contributed by atoms with Crippen LogP contribution in [0.1, 0.15) is 33.1 Å². The van der Waals surface area contributed by atoms with Gasteiger partial charge in [-0.1, -0.05) is 0 Å². The van der Waals surface area contributed by atoms with Gasteiger partial charge in [0.2, 0.25) is 0 Å². The van der Waals surface area contributed by atoms with E-state index in [9.17, 15) is 0 Å². The lowest BCUT2D eigenvalue weighted by atomic mass is 9.89. The maximum atomic E-state index is 8.59. The summed E-state index contributed by atoms with van der Waals surface area (Å²) in [7, 11) is 0. The third-order valence-corrected chi connectivity index (χ3v) is 1.43. The Morgan fingerprint density at radius 1 is 1.50 bits per heavy atom. The van der Waals surface area contributed by atoms with Crippen LogP contribution in [0.5, 0.6) is 0 Å². The summed E-state index contributed by atoms with van der Waals surface area (Å²) in [5, 5.41) is 8.59. The molecule has 0 aromatic rings. The molecule has 54 valence electrons. The molecule has 0 aliphatic heterocycles. The summed E-state index contributed by atoms with van der Waals surface area (Å²) >= 11 is 0. The molecule has 0 atom stereocenters. The van der Waals surface area contributed by atoms with Gasteiger partial charge in [-0.3, -0.25) is 0 Å². The van der Waals surface area contributed by atoms with Crippen LogP contribution in [-0.2, 0) is 0 Å². The molecule has 0 fully saturated rings. The van der Waals surface area contributed by atoms with E-state index in [2.05, 4.69) is 12.0 Å². The normalized spacial score (nSPS) is 10.0. The molecule has 1 nitrogen and oxygen atoms in total. The topological polar surface area (TPSA) is 23.8 Å². The van der Waals surface area contributed by atoms with Gasteiger partial charge in [0, 0.05) is 6.42 Å². The number of rotatable bonds is 3. The summed E-state index contributed by atoms with van der Waals surface area (Å²) in [4.78, 5) is 0. The Kier molecular flexibility index (Phi) is 3.59. The van der Waals surface area contributed by atoms with E-state index in [0.29, 0.717) is 0 Å². The van der Waals surface area contributed by atoms with Crippen molar-refractivity contribution in [2.24, 2.45) is 5.41 Å². The van der Waals surface area contributed by atoms with Gasteiger partial charge < -0.3 is 0 Å². The van der Waals surface area contributed by atoms with Crippen LogP contribution in [0, 0.1) is 29.1 Å². The van der Waals surface area contributed by atoms with Gasteiger partial charge in [-0.25, -0.2) is 0 Å². The molecule has 0 heterocycles. The minimum Gasteiger partial charge on any atom is -0.198 e. The zero-order valence-electron chi connectivity index (χ0n) is 6.65. The van der Waals surface area contributed by atoms with Crippen LogP contribution in [0.25, 0.3) is 0 Å². The van der Waals surface area contributed by atoms with Crippen LogP contribution in [0.3, 0.4) is 0 Å². The molecule has 0 aliphatic rings. The molecule has 0 aliphatic carbocycles. The maximum absolute atomic E-state index is 8.59.